The molecule has 208 valence electrons. The van der Waals surface area contributed by atoms with Gasteiger partial charge < -0.3 is 0 Å². The molecular formula is C44H26S. The zero-order valence-corrected chi connectivity index (χ0v) is 24.8. The second-order valence-electron chi connectivity index (χ2n) is 11.7. The van der Waals surface area contributed by atoms with Crippen molar-refractivity contribution < 1.29 is 6.85 Å². The Morgan fingerprint density at radius 3 is 1.89 bits per heavy atom. The lowest BCUT2D eigenvalue weighted by atomic mass is 9.87. The Morgan fingerprint density at radius 1 is 0.378 bits per heavy atom. The molecule has 0 bridgehead atoms. The highest BCUT2D eigenvalue weighted by Gasteiger charge is 2.20. The summed E-state index contributed by atoms with van der Waals surface area (Å²) in [5, 5.41) is 9.45. The molecule has 0 aromatic heterocycles. The van der Waals surface area contributed by atoms with E-state index in [1.165, 1.54) is 47.8 Å². The molecule has 9 aromatic carbocycles. The summed E-state index contributed by atoms with van der Waals surface area (Å²) in [5.74, 6) is 0. The first kappa shape index (κ1) is 20.6. The maximum absolute atomic E-state index is 8.89. The molecule has 0 unspecified atom stereocenters. The number of rotatable bonds is 3. The van der Waals surface area contributed by atoms with Crippen molar-refractivity contribution in [3.8, 4) is 44.5 Å². The molecule has 0 saturated carbocycles. The van der Waals surface area contributed by atoms with Gasteiger partial charge in [0.1, 0.15) is 0 Å². The van der Waals surface area contributed by atoms with Gasteiger partial charge in [0.25, 0.3) is 0 Å². The molecule has 9 aromatic rings. The molecule has 1 aliphatic heterocycles. The minimum absolute atomic E-state index is 0.199. The van der Waals surface area contributed by atoms with Crippen molar-refractivity contribution in [2.75, 3.05) is 0 Å². The second-order valence-corrected chi connectivity index (χ2v) is 12.8. The molecule has 0 amide bonds. The molecule has 0 atom stereocenters. The van der Waals surface area contributed by atoms with Gasteiger partial charge in [-0.25, -0.2) is 0 Å². The van der Waals surface area contributed by atoms with Crippen LogP contribution in [0.3, 0.4) is 0 Å². The van der Waals surface area contributed by atoms with Gasteiger partial charge in [-0.3, -0.25) is 0 Å². The van der Waals surface area contributed by atoms with Crippen LogP contribution in [0.1, 0.15) is 6.85 Å². The molecule has 0 N–H and O–H groups in total. The van der Waals surface area contributed by atoms with Crippen molar-refractivity contribution in [1.82, 2.24) is 0 Å². The van der Waals surface area contributed by atoms with Crippen molar-refractivity contribution in [3.05, 3.63) is 158 Å². The number of fused-ring (bicyclic) bond motifs is 2. The van der Waals surface area contributed by atoms with E-state index < -0.39 is 6.04 Å². The quantitative estimate of drug-likeness (QED) is 0.184. The summed E-state index contributed by atoms with van der Waals surface area (Å²) in [4.78, 5) is 2.39. The molecule has 0 nitrogen and oxygen atoms in total. The average molecular weight is 592 g/mol. The Labute approximate surface area is 273 Å². The van der Waals surface area contributed by atoms with E-state index in [4.69, 9.17) is 6.85 Å². The first-order chi connectivity index (χ1) is 24.4. The first-order valence-electron chi connectivity index (χ1n) is 17.6. The number of benzene rings is 9. The molecule has 0 aliphatic carbocycles. The van der Waals surface area contributed by atoms with Crippen molar-refractivity contribution in [2.45, 2.75) is 9.79 Å². The highest BCUT2D eigenvalue weighted by atomic mass is 32.2. The summed E-state index contributed by atoms with van der Waals surface area (Å²) in [6.45, 7) is 0. The third-order valence-corrected chi connectivity index (χ3v) is 10.4. The molecule has 1 heterocycles. The molecule has 1 aliphatic rings. The summed E-state index contributed by atoms with van der Waals surface area (Å²) in [5.41, 5.74) is 7.11. The largest absolute Gasteiger partial charge is 0.0888 e. The summed E-state index contributed by atoms with van der Waals surface area (Å²) in [6.07, 6.45) is 0. The van der Waals surface area contributed by atoms with Crippen LogP contribution < -0.4 is 0 Å². The first-order valence-corrected chi connectivity index (χ1v) is 15.9. The van der Waals surface area contributed by atoms with Crippen molar-refractivity contribution in [2.24, 2.45) is 0 Å². The molecule has 0 fully saturated rings. The molecule has 0 radical (unpaired) electrons. The highest BCUT2D eigenvalue weighted by molar-refractivity contribution is 7.99. The van der Waals surface area contributed by atoms with E-state index >= 15 is 0 Å². The molecular weight excluding hydrogens is 561 g/mol. The van der Waals surface area contributed by atoms with Crippen LogP contribution in [0.5, 0.6) is 0 Å². The predicted octanol–water partition coefficient (Wildman–Crippen LogP) is 12.9. The zero-order valence-electron chi connectivity index (χ0n) is 29.0. The Morgan fingerprint density at radius 2 is 1.02 bits per heavy atom. The zero-order chi connectivity index (χ0) is 33.8. The van der Waals surface area contributed by atoms with Crippen LogP contribution in [0.2, 0.25) is 0 Å². The third kappa shape index (κ3) is 3.81. The summed E-state index contributed by atoms with van der Waals surface area (Å²) >= 11 is 1.77. The van der Waals surface area contributed by atoms with Gasteiger partial charge in [0.2, 0.25) is 0 Å². The average Bonchev–Trinajstić information content (AvgIpc) is 3.15. The van der Waals surface area contributed by atoms with E-state index in [2.05, 4.69) is 115 Å². The van der Waals surface area contributed by atoms with Crippen LogP contribution in [0.15, 0.2) is 167 Å². The topological polar surface area (TPSA) is 0 Å². The van der Waals surface area contributed by atoms with Crippen LogP contribution in [-0.4, -0.2) is 0 Å². The second kappa shape index (κ2) is 9.56. The Bertz CT molecular complexity index is 2870. The molecule has 1 heteroatoms. The van der Waals surface area contributed by atoms with Gasteiger partial charge in [-0.15, -0.1) is 0 Å². The van der Waals surface area contributed by atoms with Gasteiger partial charge in [0.15, 0.2) is 0 Å². The minimum atomic E-state index is -0.395. The minimum Gasteiger partial charge on any atom is -0.0888 e. The lowest BCUT2D eigenvalue weighted by Crippen LogP contribution is -1.94. The van der Waals surface area contributed by atoms with E-state index in [0.29, 0.717) is 5.56 Å². The Kier molecular flexibility index (Phi) is 4.37. The number of hydrogen-bond donors (Lipinski definition) is 0. The smallest absolute Gasteiger partial charge is 0.0629 e. The van der Waals surface area contributed by atoms with Crippen molar-refractivity contribution in [1.29, 1.82) is 0 Å². The fourth-order valence-electron chi connectivity index (χ4n) is 7.23. The van der Waals surface area contributed by atoms with Gasteiger partial charge >= 0.3 is 0 Å². The van der Waals surface area contributed by atoms with Gasteiger partial charge in [0.05, 0.1) is 6.85 Å². The lowest BCUT2D eigenvalue weighted by Gasteiger charge is -2.21. The maximum Gasteiger partial charge on any atom is 0.0629 e. The SMILES string of the molecule is [2H]c1c([2H])c([2H])c(-c2cc(-c3cc4c5c(cccc5c3)-c3ccccc3S4)cc(-c3ccc4ccc5cccc6ccc3c4c56)c2)c([2H])c1[2H]. The van der Waals surface area contributed by atoms with Crippen molar-refractivity contribution >= 4 is 54.9 Å². The van der Waals surface area contributed by atoms with E-state index in [1.807, 2.05) is 12.1 Å². The predicted molar refractivity (Wildman–Crippen MR) is 194 cm³/mol. The normalized spacial score (nSPS) is 13.9. The van der Waals surface area contributed by atoms with Crippen LogP contribution in [0.4, 0.5) is 0 Å². The van der Waals surface area contributed by atoms with Gasteiger partial charge in [0, 0.05) is 15.2 Å². The third-order valence-electron chi connectivity index (χ3n) is 9.23. The highest BCUT2D eigenvalue weighted by Crippen LogP contribution is 2.49. The van der Waals surface area contributed by atoms with Crippen LogP contribution >= 0.6 is 11.8 Å². The van der Waals surface area contributed by atoms with Crippen LogP contribution in [-0.2, 0) is 0 Å². The van der Waals surface area contributed by atoms with Gasteiger partial charge in [-0.1, -0.05) is 133 Å². The standard InChI is InChI=1S/C44H26S/c1-2-8-27(9-3-1)32-23-33(34-22-31-12-7-14-38-37-13-4-5-15-40(37)45-41(26-34)43(31)38)25-35(24-32)36-20-18-30-17-16-28-10-6-11-29-19-21-39(36)44(30)42(28)29/h1-26H/i1D,2D,3D,8D,9D. The molecule has 0 saturated heterocycles. The monoisotopic (exact) mass is 591 g/mol. The fraction of sp³-hybridized carbons (Fsp3) is 0. The summed E-state index contributed by atoms with van der Waals surface area (Å²) in [7, 11) is 0. The fourth-order valence-corrected chi connectivity index (χ4v) is 8.42. The summed E-state index contributed by atoms with van der Waals surface area (Å²) < 4.78 is 43.0. The van der Waals surface area contributed by atoms with Crippen LogP contribution in [0, 0.1) is 0 Å². The maximum atomic E-state index is 8.89. The molecule has 45 heavy (non-hydrogen) atoms. The summed E-state index contributed by atoms with van der Waals surface area (Å²) in [6, 6.07) is 43.5. The van der Waals surface area contributed by atoms with E-state index in [-0.39, 0.29) is 29.7 Å². The molecule has 0 spiro atoms. The van der Waals surface area contributed by atoms with E-state index in [0.717, 1.165) is 38.4 Å². The molecule has 10 rings (SSSR count). The van der Waals surface area contributed by atoms with E-state index in [9.17, 15) is 0 Å². The lowest BCUT2D eigenvalue weighted by molar-refractivity contribution is 1.40. The number of hydrogen-bond acceptors (Lipinski definition) is 1. The van der Waals surface area contributed by atoms with Crippen LogP contribution in [0.25, 0.3) is 87.6 Å². The Balaban J connectivity index is 1.27. The van der Waals surface area contributed by atoms with Crippen molar-refractivity contribution in [3.63, 3.8) is 0 Å². The van der Waals surface area contributed by atoms with Gasteiger partial charge in [-0.2, -0.15) is 0 Å². The Hall–Kier alpha value is -5.37. The van der Waals surface area contributed by atoms with Gasteiger partial charge in [-0.05, 0) is 119 Å². The van der Waals surface area contributed by atoms with E-state index in [1.54, 1.807) is 11.8 Å².